The van der Waals surface area contributed by atoms with Gasteiger partial charge in [0.2, 0.25) is 0 Å². The monoisotopic (exact) mass is 346 g/mol. The summed E-state index contributed by atoms with van der Waals surface area (Å²) in [6, 6.07) is 13.0. The Morgan fingerprint density at radius 3 is 2.95 bits per heavy atom. The number of thiophene rings is 1. The maximum Gasteiger partial charge on any atom is 0.0705 e. The van der Waals surface area contributed by atoms with E-state index in [0.717, 1.165) is 16.4 Å². The Labute approximate surface area is 131 Å². The molecule has 0 spiro atoms. The van der Waals surface area contributed by atoms with Crippen molar-refractivity contribution in [1.29, 1.82) is 0 Å². The number of hydrogen-bond acceptors (Lipinski definition) is 3. The van der Waals surface area contributed by atoms with Gasteiger partial charge in [0.1, 0.15) is 0 Å². The van der Waals surface area contributed by atoms with Crippen LogP contribution in [0.4, 0.5) is 0 Å². The fourth-order valence-corrected chi connectivity index (χ4v) is 3.96. The van der Waals surface area contributed by atoms with E-state index in [1.807, 2.05) is 19.3 Å². The number of benzene rings is 1. The molecule has 0 saturated heterocycles. The summed E-state index contributed by atoms with van der Waals surface area (Å²) in [5.74, 6) is 0. The second-order valence-corrected chi connectivity index (χ2v) is 6.61. The lowest BCUT2D eigenvalue weighted by Crippen LogP contribution is -2.18. The molecular formula is C16H15BrN2S. The molecule has 0 fully saturated rings. The summed E-state index contributed by atoms with van der Waals surface area (Å²) in [5, 5.41) is 6.79. The zero-order valence-electron chi connectivity index (χ0n) is 11.1. The average Bonchev–Trinajstić information content (AvgIpc) is 2.89. The summed E-state index contributed by atoms with van der Waals surface area (Å²) >= 11 is 5.31. The summed E-state index contributed by atoms with van der Waals surface area (Å²) in [6.45, 7) is 0. The van der Waals surface area contributed by atoms with Crippen LogP contribution >= 0.6 is 27.3 Å². The topological polar surface area (TPSA) is 24.9 Å². The molecule has 3 rings (SSSR count). The number of nitrogens with zero attached hydrogens (tertiary/aromatic N) is 1. The Bertz CT molecular complexity index is 718. The first-order valence-corrected chi connectivity index (χ1v) is 8.19. The smallest absolute Gasteiger partial charge is 0.0705 e. The fourth-order valence-electron chi connectivity index (χ4n) is 2.46. The Balaban J connectivity index is 1.98. The van der Waals surface area contributed by atoms with Crippen molar-refractivity contribution in [2.45, 2.75) is 12.5 Å². The van der Waals surface area contributed by atoms with Crippen molar-refractivity contribution in [2.24, 2.45) is 0 Å². The number of hydrogen-bond donors (Lipinski definition) is 1. The van der Waals surface area contributed by atoms with Crippen LogP contribution in [0.15, 0.2) is 52.4 Å². The van der Waals surface area contributed by atoms with Crippen LogP contribution < -0.4 is 5.32 Å². The highest BCUT2D eigenvalue weighted by atomic mass is 79.9. The minimum atomic E-state index is 0.299. The van der Waals surface area contributed by atoms with Gasteiger partial charge in [-0.3, -0.25) is 4.98 Å². The van der Waals surface area contributed by atoms with Crippen LogP contribution in [0.1, 0.15) is 16.5 Å². The molecule has 1 aromatic carbocycles. The maximum absolute atomic E-state index is 4.44. The lowest BCUT2D eigenvalue weighted by Gasteiger charge is -2.17. The van der Waals surface area contributed by atoms with E-state index in [0.29, 0.717) is 6.04 Å². The van der Waals surface area contributed by atoms with E-state index in [4.69, 9.17) is 0 Å². The van der Waals surface area contributed by atoms with E-state index < -0.39 is 0 Å². The molecule has 20 heavy (non-hydrogen) atoms. The normalized spacial score (nSPS) is 12.7. The van der Waals surface area contributed by atoms with Crippen molar-refractivity contribution in [3.05, 3.63) is 62.9 Å². The molecule has 0 saturated carbocycles. The summed E-state index contributed by atoms with van der Waals surface area (Å²) in [6.07, 6.45) is 2.83. The van der Waals surface area contributed by atoms with Crippen molar-refractivity contribution in [3.63, 3.8) is 0 Å². The van der Waals surface area contributed by atoms with Gasteiger partial charge in [-0.25, -0.2) is 0 Å². The van der Waals surface area contributed by atoms with Crippen molar-refractivity contribution in [1.82, 2.24) is 10.3 Å². The highest BCUT2D eigenvalue weighted by molar-refractivity contribution is 9.10. The predicted octanol–water partition coefficient (Wildman–Crippen LogP) is 4.56. The van der Waals surface area contributed by atoms with Gasteiger partial charge in [0.05, 0.1) is 5.52 Å². The van der Waals surface area contributed by atoms with Gasteiger partial charge in [-0.05, 0) is 46.7 Å². The molecule has 0 bridgehead atoms. The van der Waals surface area contributed by atoms with Gasteiger partial charge >= 0.3 is 0 Å². The number of halogens is 1. The Kier molecular flexibility index (Phi) is 4.15. The fraction of sp³-hybridized carbons (Fsp3) is 0.188. The van der Waals surface area contributed by atoms with Gasteiger partial charge in [-0.2, -0.15) is 0 Å². The van der Waals surface area contributed by atoms with Crippen LogP contribution in [0.3, 0.4) is 0 Å². The van der Waals surface area contributed by atoms with Crippen LogP contribution in [0.2, 0.25) is 0 Å². The number of nitrogens with one attached hydrogen (secondary N) is 1. The molecule has 1 atom stereocenters. The molecule has 3 aromatic rings. The highest BCUT2D eigenvalue weighted by Gasteiger charge is 2.14. The van der Waals surface area contributed by atoms with Gasteiger partial charge in [-0.15, -0.1) is 11.3 Å². The summed E-state index contributed by atoms with van der Waals surface area (Å²) in [4.78, 5) is 5.81. The second kappa shape index (κ2) is 6.04. The molecule has 1 N–H and O–H groups in total. The van der Waals surface area contributed by atoms with Crippen LogP contribution in [0, 0.1) is 0 Å². The molecule has 0 amide bonds. The number of aromatic nitrogens is 1. The van der Waals surface area contributed by atoms with Gasteiger partial charge in [0.25, 0.3) is 0 Å². The SMILES string of the molecule is CNC(Cc1cc(Br)cs1)c1cccc2ncccc12. The Morgan fingerprint density at radius 2 is 2.20 bits per heavy atom. The molecule has 0 aliphatic rings. The van der Waals surface area contributed by atoms with Gasteiger partial charge in [-0.1, -0.05) is 18.2 Å². The van der Waals surface area contributed by atoms with Crippen molar-refractivity contribution in [3.8, 4) is 0 Å². The molecule has 4 heteroatoms. The zero-order valence-corrected chi connectivity index (χ0v) is 13.5. The summed E-state index contributed by atoms with van der Waals surface area (Å²) < 4.78 is 1.16. The lowest BCUT2D eigenvalue weighted by molar-refractivity contribution is 0.601. The highest BCUT2D eigenvalue weighted by Crippen LogP contribution is 2.28. The average molecular weight is 347 g/mol. The zero-order chi connectivity index (χ0) is 13.9. The quantitative estimate of drug-likeness (QED) is 0.748. The Hall–Kier alpha value is -1.23. The van der Waals surface area contributed by atoms with Crippen molar-refractivity contribution >= 4 is 38.2 Å². The van der Waals surface area contributed by atoms with E-state index >= 15 is 0 Å². The van der Waals surface area contributed by atoms with E-state index in [1.54, 1.807) is 11.3 Å². The van der Waals surface area contributed by atoms with E-state index in [-0.39, 0.29) is 0 Å². The van der Waals surface area contributed by atoms with Crippen LogP contribution in [0.5, 0.6) is 0 Å². The third-order valence-corrected chi connectivity index (χ3v) is 5.15. The molecule has 2 nitrogen and oxygen atoms in total. The largest absolute Gasteiger partial charge is 0.313 e. The minimum absolute atomic E-state index is 0.299. The van der Waals surface area contributed by atoms with E-state index in [1.165, 1.54) is 15.8 Å². The number of rotatable bonds is 4. The third-order valence-electron chi connectivity index (χ3n) is 3.43. The molecule has 0 aliphatic carbocycles. The van der Waals surface area contributed by atoms with E-state index in [2.05, 4.69) is 61.9 Å². The molecular weight excluding hydrogens is 332 g/mol. The first-order chi connectivity index (χ1) is 9.78. The van der Waals surface area contributed by atoms with Gasteiger partial charge in [0, 0.05) is 38.8 Å². The van der Waals surface area contributed by atoms with Crippen molar-refractivity contribution < 1.29 is 0 Å². The molecule has 0 radical (unpaired) electrons. The molecule has 102 valence electrons. The molecule has 2 aromatic heterocycles. The van der Waals surface area contributed by atoms with Gasteiger partial charge in [0.15, 0.2) is 0 Å². The van der Waals surface area contributed by atoms with Crippen LogP contribution in [-0.2, 0) is 6.42 Å². The first kappa shape index (κ1) is 13.7. The summed E-state index contributed by atoms with van der Waals surface area (Å²) in [7, 11) is 2.02. The predicted molar refractivity (Wildman–Crippen MR) is 89.3 cm³/mol. The standard InChI is InChI=1S/C16H15BrN2S/c1-18-16(9-12-8-11(17)10-20-12)14-4-2-6-15-13(14)5-3-7-19-15/h2-8,10,16,18H,9H2,1H3. The number of likely N-dealkylation sites (N-methyl/N-ethyl adjacent to an activating group) is 1. The second-order valence-electron chi connectivity index (χ2n) is 4.69. The molecule has 0 aliphatic heterocycles. The first-order valence-electron chi connectivity index (χ1n) is 6.52. The van der Waals surface area contributed by atoms with Crippen molar-refractivity contribution in [2.75, 3.05) is 7.05 Å². The molecule has 2 heterocycles. The minimum Gasteiger partial charge on any atom is -0.313 e. The lowest BCUT2D eigenvalue weighted by atomic mass is 9.98. The third kappa shape index (κ3) is 2.77. The maximum atomic E-state index is 4.44. The number of fused-ring (bicyclic) bond motifs is 1. The number of pyridine rings is 1. The summed E-state index contributed by atoms with van der Waals surface area (Å²) in [5.41, 5.74) is 2.36. The van der Waals surface area contributed by atoms with Gasteiger partial charge < -0.3 is 5.32 Å². The molecule has 1 unspecified atom stereocenters. The Morgan fingerprint density at radius 1 is 1.30 bits per heavy atom. The van der Waals surface area contributed by atoms with Crippen LogP contribution in [-0.4, -0.2) is 12.0 Å². The van der Waals surface area contributed by atoms with E-state index in [9.17, 15) is 0 Å². The van der Waals surface area contributed by atoms with Crippen LogP contribution in [0.25, 0.3) is 10.9 Å².